The van der Waals surface area contributed by atoms with Crippen molar-refractivity contribution < 1.29 is 0 Å². The molecule has 0 N–H and O–H groups in total. The van der Waals surface area contributed by atoms with Crippen molar-refractivity contribution in [2.45, 2.75) is 13.3 Å². The van der Waals surface area contributed by atoms with E-state index in [1.807, 2.05) is 0 Å². The molecule has 3 heterocycles. The van der Waals surface area contributed by atoms with Crippen LogP contribution in [-0.2, 0) is 6.42 Å². The van der Waals surface area contributed by atoms with E-state index in [4.69, 9.17) is 0 Å². The zero-order valence-corrected chi connectivity index (χ0v) is 14.9. The molecule has 4 rings (SSSR count). The first-order valence-corrected chi connectivity index (χ1v) is 9.67. The number of thiazole rings is 1. The lowest BCUT2D eigenvalue weighted by Gasteiger charge is -2.35. The Morgan fingerprint density at radius 3 is 2.74 bits per heavy atom. The van der Waals surface area contributed by atoms with Gasteiger partial charge in [0.1, 0.15) is 5.82 Å². The number of anilines is 1. The summed E-state index contributed by atoms with van der Waals surface area (Å²) in [7, 11) is 0. The molecule has 0 radical (unpaired) electrons. The molecule has 4 nitrogen and oxygen atoms in total. The highest BCUT2D eigenvalue weighted by atomic mass is 32.1. The van der Waals surface area contributed by atoms with Crippen LogP contribution < -0.4 is 4.90 Å². The normalized spacial score (nSPS) is 16.3. The second-order valence-electron chi connectivity index (χ2n) is 5.94. The molecule has 1 fully saturated rings. The van der Waals surface area contributed by atoms with Gasteiger partial charge in [-0.2, -0.15) is 4.37 Å². The van der Waals surface area contributed by atoms with E-state index < -0.39 is 0 Å². The van der Waals surface area contributed by atoms with Gasteiger partial charge in [0.2, 0.25) is 0 Å². The van der Waals surface area contributed by atoms with Crippen molar-refractivity contribution in [2.75, 3.05) is 37.6 Å². The molecule has 0 aliphatic carbocycles. The number of benzene rings is 1. The lowest BCUT2D eigenvalue weighted by molar-refractivity contribution is 0.260. The molecule has 3 aromatic rings. The van der Waals surface area contributed by atoms with E-state index in [1.165, 1.54) is 26.6 Å². The van der Waals surface area contributed by atoms with Crippen LogP contribution in [0.3, 0.4) is 0 Å². The Hall–Kier alpha value is -1.50. The Balaban J connectivity index is 1.35. The van der Waals surface area contributed by atoms with Gasteiger partial charge in [0.05, 0.1) is 15.4 Å². The Morgan fingerprint density at radius 1 is 1.13 bits per heavy atom. The highest BCUT2D eigenvalue weighted by molar-refractivity contribution is 7.13. The van der Waals surface area contributed by atoms with Crippen LogP contribution >= 0.6 is 22.9 Å². The maximum absolute atomic E-state index is 4.68. The summed E-state index contributed by atoms with van der Waals surface area (Å²) in [6.45, 7) is 7.51. The number of fused-ring (bicyclic) bond motifs is 1. The van der Waals surface area contributed by atoms with Crippen LogP contribution in [0.2, 0.25) is 0 Å². The van der Waals surface area contributed by atoms with Crippen LogP contribution in [-0.4, -0.2) is 47.0 Å². The third-order valence-corrected chi connectivity index (χ3v) is 6.02. The molecule has 2 aromatic heterocycles. The minimum absolute atomic E-state index is 1.06. The van der Waals surface area contributed by atoms with Crippen molar-refractivity contribution in [1.29, 1.82) is 0 Å². The van der Waals surface area contributed by atoms with Crippen LogP contribution in [0.4, 0.5) is 5.82 Å². The van der Waals surface area contributed by atoms with Crippen molar-refractivity contribution in [1.82, 2.24) is 14.3 Å². The molecule has 0 bridgehead atoms. The fraction of sp³-hybridized carbons (Fsp3) is 0.412. The third-order valence-electron chi connectivity index (χ3n) is 4.38. The number of hydrogen-bond acceptors (Lipinski definition) is 6. The highest BCUT2D eigenvalue weighted by Crippen LogP contribution is 2.29. The standard InChI is InChI=1S/C17H20N4S2/c1-13-18-14(12-22-13)6-7-20-8-10-21(11-9-20)17-15-4-2-3-5-16(15)23-19-17/h2-5,12H,6-11H2,1H3. The summed E-state index contributed by atoms with van der Waals surface area (Å²) in [4.78, 5) is 9.53. The summed E-state index contributed by atoms with van der Waals surface area (Å²) in [6, 6.07) is 8.53. The van der Waals surface area contributed by atoms with Crippen LogP contribution in [0.15, 0.2) is 29.6 Å². The first-order chi connectivity index (χ1) is 11.3. The lowest BCUT2D eigenvalue weighted by Crippen LogP contribution is -2.47. The van der Waals surface area contributed by atoms with Gasteiger partial charge >= 0.3 is 0 Å². The Kier molecular flexibility index (Phi) is 4.29. The molecular weight excluding hydrogens is 324 g/mol. The van der Waals surface area contributed by atoms with Crippen LogP contribution in [0.1, 0.15) is 10.7 Å². The molecule has 6 heteroatoms. The summed E-state index contributed by atoms with van der Waals surface area (Å²) >= 11 is 3.35. The van der Waals surface area contributed by atoms with E-state index in [2.05, 4.69) is 55.7 Å². The molecule has 1 saturated heterocycles. The Labute approximate surface area is 144 Å². The number of hydrogen-bond donors (Lipinski definition) is 0. The summed E-state index contributed by atoms with van der Waals surface area (Å²) < 4.78 is 5.96. The van der Waals surface area contributed by atoms with Crippen LogP contribution in [0.5, 0.6) is 0 Å². The van der Waals surface area contributed by atoms with Gasteiger partial charge in [-0.15, -0.1) is 11.3 Å². The first kappa shape index (κ1) is 15.1. The minimum Gasteiger partial charge on any atom is -0.353 e. The Morgan fingerprint density at radius 2 is 1.96 bits per heavy atom. The summed E-state index contributed by atoms with van der Waals surface area (Å²) in [6.07, 6.45) is 1.06. The zero-order valence-electron chi connectivity index (χ0n) is 13.2. The smallest absolute Gasteiger partial charge is 0.150 e. The molecule has 120 valence electrons. The second kappa shape index (κ2) is 6.55. The maximum Gasteiger partial charge on any atom is 0.150 e. The number of piperazine rings is 1. The highest BCUT2D eigenvalue weighted by Gasteiger charge is 2.20. The zero-order chi connectivity index (χ0) is 15.6. The minimum atomic E-state index is 1.06. The summed E-state index contributed by atoms with van der Waals surface area (Å²) in [5.41, 5.74) is 1.24. The van der Waals surface area contributed by atoms with Gasteiger partial charge in [-0.1, -0.05) is 12.1 Å². The quantitative estimate of drug-likeness (QED) is 0.726. The predicted molar refractivity (Wildman–Crippen MR) is 98.8 cm³/mol. The van der Waals surface area contributed by atoms with Crippen molar-refractivity contribution in [2.24, 2.45) is 0 Å². The number of rotatable bonds is 4. The molecule has 1 aromatic carbocycles. The van der Waals surface area contributed by atoms with Gasteiger partial charge < -0.3 is 4.90 Å². The molecule has 23 heavy (non-hydrogen) atoms. The van der Waals surface area contributed by atoms with Gasteiger partial charge in [0, 0.05) is 49.9 Å². The molecular formula is C17H20N4S2. The van der Waals surface area contributed by atoms with Crippen molar-refractivity contribution >= 4 is 38.8 Å². The van der Waals surface area contributed by atoms with Crippen molar-refractivity contribution in [3.8, 4) is 0 Å². The molecule has 0 unspecified atom stereocenters. The molecule has 0 saturated carbocycles. The van der Waals surface area contributed by atoms with Crippen LogP contribution in [0.25, 0.3) is 10.1 Å². The fourth-order valence-electron chi connectivity index (χ4n) is 3.08. The van der Waals surface area contributed by atoms with E-state index in [1.54, 1.807) is 22.9 Å². The molecule has 1 aliphatic heterocycles. The largest absolute Gasteiger partial charge is 0.353 e. The molecule has 0 amide bonds. The van der Waals surface area contributed by atoms with E-state index in [0.29, 0.717) is 0 Å². The van der Waals surface area contributed by atoms with E-state index in [-0.39, 0.29) is 0 Å². The Bertz CT molecular complexity index is 787. The first-order valence-electron chi connectivity index (χ1n) is 8.02. The fourth-order valence-corrected chi connectivity index (χ4v) is 4.52. The van der Waals surface area contributed by atoms with Crippen molar-refractivity contribution in [3.63, 3.8) is 0 Å². The molecule has 0 spiro atoms. The second-order valence-corrected chi connectivity index (χ2v) is 7.81. The van der Waals surface area contributed by atoms with Gasteiger partial charge in [-0.25, -0.2) is 4.98 Å². The van der Waals surface area contributed by atoms with E-state index in [0.717, 1.165) is 39.1 Å². The average molecular weight is 345 g/mol. The lowest BCUT2D eigenvalue weighted by atomic mass is 10.2. The van der Waals surface area contributed by atoms with Gasteiger partial charge in [-0.05, 0) is 30.6 Å². The average Bonchev–Trinajstić information content (AvgIpc) is 3.20. The summed E-state index contributed by atoms with van der Waals surface area (Å²) in [5, 5.41) is 4.65. The van der Waals surface area contributed by atoms with E-state index >= 15 is 0 Å². The van der Waals surface area contributed by atoms with Gasteiger partial charge in [0.25, 0.3) is 0 Å². The predicted octanol–water partition coefficient (Wildman–Crippen LogP) is 3.43. The summed E-state index contributed by atoms with van der Waals surface area (Å²) in [5.74, 6) is 1.17. The molecule has 0 atom stereocenters. The van der Waals surface area contributed by atoms with Crippen LogP contribution in [0, 0.1) is 6.92 Å². The monoisotopic (exact) mass is 344 g/mol. The van der Waals surface area contributed by atoms with Crippen molar-refractivity contribution in [3.05, 3.63) is 40.3 Å². The van der Waals surface area contributed by atoms with E-state index in [9.17, 15) is 0 Å². The van der Waals surface area contributed by atoms with Gasteiger partial charge in [-0.3, -0.25) is 4.90 Å². The number of nitrogens with zero attached hydrogens (tertiary/aromatic N) is 4. The SMILES string of the molecule is Cc1nc(CCN2CCN(c3nsc4ccccc34)CC2)cs1. The molecule has 1 aliphatic rings. The number of aromatic nitrogens is 2. The number of aryl methyl sites for hydroxylation is 1. The van der Waals surface area contributed by atoms with Gasteiger partial charge in [0.15, 0.2) is 0 Å². The topological polar surface area (TPSA) is 32.3 Å². The maximum atomic E-state index is 4.68. The third kappa shape index (κ3) is 3.24.